The van der Waals surface area contributed by atoms with Crippen LogP contribution in [0.1, 0.15) is 26.6 Å². The van der Waals surface area contributed by atoms with Crippen LogP contribution in [0.2, 0.25) is 5.02 Å². The van der Waals surface area contributed by atoms with Gasteiger partial charge < -0.3 is 14.5 Å². The van der Waals surface area contributed by atoms with E-state index in [1.54, 1.807) is 31.3 Å². The number of aromatic nitrogens is 1. The Morgan fingerprint density at radius 3 is 2.55 bits per heavy atom. The second-order valence-corrected chi connectivity index (χ2v) is 4.61. The Hall–Kier alpha value is -2.34. The van der Waals surface area contributed by atoms with E-state index in [1.807, 2.05) is 0 Å². The van der Waals surface area contributed by atoms with Crippen molar-refractivity contribution in [3.8, 4) is 0 Å². The SMILES string of the molecule is CN(Cc1ccc(Cl)cc1)C(=O)c1cc(C(=O)O)on1. The van der Waals surface area contributed by atoms with Crippen LogP contribution in [0.15, 0.2) is 34.9 Å². The molecule has 6 nitrogen and oxygen atoms in total. The molecule has 1 aromatic heterocycles. The van der Waals surface area contributed by atoms with E-state index in [0.29, 0.717) is 11.6 Å². The van der Waals surface area contributed by atoms with Crippen molar-refractivity contribution in [3.63, 3.8) is 0 Å². The van der Waals surface area contributed by atoms with Crippen molar-refractivity contribution in [2.24, 2.45) is 0 Å². The number of hydrogen-bond donors (Lipinski definition) is 1. The first-order chi connectivity index (χ1) is 9.47. The predicted molar refractivity (Wildman–Crippen MR) is 70.7 cm³/mol. The zero-order valence-corrected chi connectivity index (χ0v) is 11.3. The van der Waals surface area contributed by atoms with Crippen LogP contribution in [0.3, 0.4) is 0 Å². The lowest BCUT2D eigenvalue weighted by atomic mass is 10.2. The molecule has 0 radical (unpaired) electrons. The van der Waals surface area contributed by atoms with Gasteiger partial charge in [0.25, 0.3) is 5.91 Å². The molecule has 0 atom stereocenters. The maximum atomic E-state index is 12.0. The van der Waals surface area contributed by atoms with E-state index in [1.165, 1.54) is 4.90 Å². The number of aromatic carboxylic acids is 1. The number of hydrogen-bond acceptors (Lipinski definition) is 4. The van der Waals surface area contributed by atoms with Crippen molar-refractivity contribution in [2.75, 3.05) is 7.05 Å². The van der Waals surface area contributed by atoms with Gasteiger partial charge in [-0.1, -0.05) is 28.9 Å². The van der Waals surface area contributed by atoms with Crippen molar-refractivity contribution in [1.29, 1.82) is 0 Å². The summed E-state index contributed by atoms with van der Waals surface area (Å²) in [5, 5.41) is 12.8. The highest BCUT2D eigenvalue weighted by molar-refractivity contribution is 6.30. The fourth-order valence-corrected chi connectivity index (χ4v) is 1.73. The molecular weight excluding hydrogens is 284 g/mol. The normalized spacial score (nSPS) is 10.3. The molecule has 0 spiro atoms. The van der Waals surface area contributed by atoms with Gasteiger partial charge in [-0.25, -0.2) is 4.79 Å². The third-order valence-corrected chi connectivity index (χ3v) is 2.87. The molecule has 2 aromatic rings. The topological polar surface area (TPSA) is 83.6 Å². The Kier molecular flexibility index (Phi) is 4.05. The molecule has 0 aliphatic rings. The molecule has 1 amide bonds. The lowest BCUT2D eigenvalue weighted by molar-refractivity contribution is 0.0649. The summed E-state index contributed by atoms with van der Waals surface area (Å²) in [4.78, 5) is 24.1. The molecule has 104 valence electrons. The van der Waals surface area contributed by atoms with Gasteiger partial charge in [0.15, 0.2) is 5.69 Å². The smallest absolute Gasteiger partial charge is 0.374 e. The van der Waals surface area contributed by atoms with Gasteiger partial charge in [-0.15, -0.1) is 0 Å². The van der Waals surface area contributed by atoms with Gasteiger partial charge in [-0.05, 0) is 17.7 Å². The van der Waals surface area contributed by atoms with E-state index in [0.717, 1.165) is 11.6 Å². The first kappa shape index (κ1) is 14.1. The quantitative estimate of drug-likeness (QED) is 0.935. The van der Waals surface area contributed by atoms with Gasteiger partial charge in [0.2, 0.25) is 5.76 Å². The Balaban J connectivity index is 2.07. The lowest BCUT2D eigenvalue weighted by Gasteiger charge is -2.15. The van der Waals surface area contributed by atoms with Crippen LogP contribution in [-0.2, 0) is 6.54 Å². The molecule has 0 saturated heterocycles. The number of carboxylic acid groups (broad SMARTS) is 1. The molecule has 20 heavy (non-hydrogen) atoms. The lowest BCUT2D eigenvalue weighted by Crippen LogP contribution is -2.26. The van der Waals surface area contributed by atoms with Crippen LogP contribution in [-0.4, -0.2) is 34.1 Å². The summed E-state index contributed by atoms with van der Waals surface area (Å²) < 4.78 is 4.55. The molecular formula is C13H11ClN2O4. The molecule has 0 aliphatic heterocycles. The predicted octanol–water partition coefficient (Wildman–Crippen LogP) is 2.30. The van der Waals surface area contributed by atoms with Crippen LogP contribution in [0.4, 0.5) is 0 Å². The summed E-state index contributed by atoms with van der Waals surface area (Å²) in [5.74, 6) is -2.05. The third-order valence-electron chi connectivity index (χ3n) is 2.62. The number of rotatable bonds is 4. The highest BCUT2D eigenvalue weighted by Crippen LogP contribution is 2.13. The Morgan fingerprint density at radius 1 is 1.35 bits per heavy atom. The highest BCUT2D eigenvalue weighted by Gasteiger charge is 2.19. The van der Waals surface area contributed by atoms with Crippen molar-refractivity contribution in [2.45, 2.75) is 6.54 Å². The Bertz CT molecular complexity index is 636. The van der Waals surface area contributed by atoms with Crippen LogP contribution in [0.25, 0.3) is 0 Å². The molecule has 2 rings (SSSR count). The Morgan fingerprint density at radius 2 is 2.00 bits per heavy atom. The fraction of sp³-hybridized carbons (Fsp3) is 0.154. The first-order valence-corrected chi connectivity index (χ1v) is 6.05. The summed E-state index contributed by atoms with van der Waals surface area (Å²) in [6.45, 7) is 0.352. The first-order valence-electron chi connectivity index (χ1n) is 5.67. The molecule has 0 saturated carbocycles. The Labute approximate surface area is 119 Å². The van der Waals surface area contributed by atoms with Crippen LogP contribution in [0, 0.1) is 0 Å². The van der Waals surface area contributed by atoms with Gasteiger partial charge in [0, 0.05) is 24.7 Å². The molecule has 1 heterocycles. The maximum Gasteiger partial charge on any atom is 0.374 e. The molecule has 0 aliphatic carbocycles. The largest absolute Gasteiger partial charge is 0.475 e. The average Bonchev–Trinajstić information content (AvgIpc) is 2.90. The number of nitrogens with zero attached hydrogens (tertiary/aromatic N) is 2. The van der Waals surface area contributed by atoms with Crippen molar-refractivity contribution in [3.05, 3.63) is 52.4 Å². The molecule has 0 fully saturated rings. The minimum absolute atomic E-state index is 0.0427. The molecule has 1 aromatic carbocycles. The summed E-state index contributed by atoms with van der Waals surface area (Å²) in [5.41, 5.74) is 0.853. The van der Waals surface area contributed by atoms with E-state index in [2.05, 4.69) is 9.68 Å². The number of carbonyl (C=O) groups is 2. The zero-order chi connectivity index (χ0) is 14.7. The van der Waals surface area contributed by atoms with Gasteiger partial charge >= 0.3 is 5.97 Å². The van der Waals surface area contributed by atoms with E-state index < -0.39 is 11.9 Å². The van der Waals surface area contributed by atoms with E-state index in [-0.39, 0.29) is 11.5 Å². The van der Waals surface area contributed by atoms with Gasteiger partial charge in [0.05, 0.1) is 0 Å². The summed E-state index contributed by atoms with van der Waals surface area (Å²) in [6.07, 6.45) is 0. The third kappa shape index (κ3) is 3.16. The van der Waals surface area contributed by atoms with Crippen LogP contribution < -0.4 is 0 Å². The number of carboxylic acids is 1. The second kappa shape index (κ2) is 5.75. The monoisotopic (exact) mass is 294 g/mol. The minimum atomic E-state index is -1.27. The standard InChI is InChI=1S/C13H11ClN2O4/c1-16(7-8-2-4-9(14)5-3-8)12(17)10-6-11(13(18)19)20-15-10/h2-6H,7H2,1H3,(H,18,19). The minimum Gasteiger partial charge on any atom is -0.475 e. The van der Waals surface area contributed by atoms with Gasteiger partial charge in [-0.3, -0.25) is 4.79 Å². The molecule has 1 N–H and O–H groups in total. The average molecular weight is 295 g/mol. The summed E-state index contributed by atoms with van der Waals surface area (Å²) in [7, 11) is 1.59. The second-order valence-electron chi connectivity index (χ2n) is 4.17. The van der Waals surface area contributed by atoms with Gasteiger partial charge in [0.1, 0.15) is 0 Å². The van der Waals surface area contributed by atoms with E-state index in [4.69, 9.17) is 16.7 Å². The molecule has 7 heteroatoms. The van der Waals surface area contributed by atoms with E-state index >= 15 is 0 Å². The summed E-state index contributed by atoms with van der Waals surface area (Å²) >= 11 is 5.78. The van der Waals surface area contributed by atoms with E-state index in [9.17, 15) is 9.59 Å². The van der Waals surface area contributed by atoms with Crippen molar-refractivity contribution in [1.82, 2.24) is 10.1 Å². The number of amides is 1. The van der Waals surface area contributed by atoms with Crippen molar-refractivity contribution < 1.29 is 19.2 Å². The number of benzene rings is 1. The van der Waals surface area contributed by atoms with Crippen LogP contribution >= 0.6 is 11.6 Å². The highest BCUT2D eigenvalue weighted by atomic mass is 35.5. The summed E-state index contributed by atoms with van der Waals surface area (Å²) in [6, 6.07) is 8.17. The zero-order valence-electron chi connectivity index (χ0n) is 10.5. The van der Waals surface area contributed by atoms with Gasteiger partial charge in [-0.2, -0.15) is 0 Å². The fourth-order valence-electron chi connectivity index (χ4n) is 1.61. The molecule has 0 bridgehead atoms. The molecule has 0 unspecified atom stereocenters. The maximum absolute atomic E-state index is 12.0. The van der Waals surface area contributed by atoms with Crippen LogP contribution in [0.5, 0.6) is 0 Å². The number of carbonyl (C=O) groups excluding carboxylic acids is 1. The number of halogens is 1. The van der Waals surface area contributed by atoms with Crippen molar-refractivity contribution >= 4 is 23.5 Å².